The molecule has 5 atom stereocenters. The molecule has 2 aliphatic heterocycles. The minimum atomic E-state index is -3.20. The van der Waals surface area contributed by atoms with Crippen molar-refractivity contribution in [3.05, 3.63) is 95.1 Å². The Bertz CT molecular complexity index is 1870. The average Bonchev–Trinajstić information content (AvgIpc) is 3.22. The third kappa shape index (κ3) is 7.22. The minimum Gasteiger partial charge on any atom is -0.490 e. The van der Waals surface area contributed by atoms with Crippen LogP contribution in [0.4, 0.5) is 5.69 Å². The number of carbonyl (C=O) groups excluding carboxylic acids is 2. The molecule has 1 spiro atoms. The van der Waals surface area contributed by atoms with Crippen molar-refractivity contribution in [2.45, 2.75) is 69.8 Å². The summed E-state index contributed by atoms with van der Waals surface area (Å²) in [5.41, 5.74) is 5.06. The van der Waals surface area contributed by atoms with Crippen molar-refractivity contribution < 1.29 is 23.3 Å². The van der Waals surface area contributed by atoms with Gasteiger partial charge in [-0.15, -0.1) is 0 Å². The van der Waals surface area contributed by atoms with Gasteiger partial charge in [0.25, 0.3) is 5.91 Å². The SMILES string of the molecule is CO[C@H]1/C=C/CCC[S@@](=O)(CC(=O)Cc2ncccn2)=NC(=O)c2ccc3c(c2)N(C[C@@H]2CC[C@H]21)C[C@@]1(CCCc2cc(C)ccc21)CO3. The molecule has 0 saturated heterocycles. The maximum Gasteiger partial charge on any atom is 0.285 e. The first-order chi connectivity index (χ1) is 23.7. The van der Waals surface area contributed by atoms with E-state index in [2.05, 4.69) is 56.5 Å². The number of fused-ring (bicyclic) bond motifs is 4. The standard InChI is InChI=1S/C39H46N4O5S/c1-27-10-14-33-28(20-27)8-6-16-39(33)25-43-23-30-11-13-32(30)35(47-2)9-4-3-5-19-49(46,24-31(44)22-37-40-17-7-18-41-37)42-38(45)29-12-15-36(48-26-39)34(43)21-29/h4,7,9-10,12,14-15,17-18,20-21,30,32,35H,3,5-6,8,11,13,16,19,22-26H2,1-2H3/b9-4+/t30-,32+,35-,39-,49+/m0/s1. The zero-order valence-electron chi connectivity index (χ0n) is 28.5. The summed E-state index contributed by atoms with van der Waals surface area (Å²) in [6.45, 7) is 4.30. The van der Waals surface area contributed by atoms with E-state index in [0.717, 1.165) is 56.6 Å². The molecular formula is C39H46N4O5S. The highest BCUT2D eigenvalue weighted by molar-refractivity contribution is 7.94. The molecule has 2 aliphatic carbocycles. The first-order valence-corrected chi connectivity index (χ1v) is 19.5. The van der Waals surface area contributed by atoms with Crippen LogP contribution >= 0.6 is 0 Å². The molecule has 4 aliphatic rings. The van der Waals surface area contributed by atoms with Gasteiger partial charge in [-0.2, -0.15) is 4.36 Å². The number of ether oxygens (including phenoxy) is 2. The quantitative estimate of drug-likeness (QED) is 0.299. The van der Waals surface area contributed by atoms with Crippen LogP contribution in [0.1, 0.15) is 71.4 Å². The van der Waals surface area contributed by atoms with Gasteiger partial charge in [-0.1, -0.05) is 35.9 Å². The van der Waals surface area contributed by atoms with Crippen molar-refractivity contribution in [2.75, 3.05) is 43.2 Å². The zero-order chi connectivity index (χ0) is 34.0. The minimum absolute atomic E-state index is 0.0175. The van der Waals surface area contributed by atoms with Crippen LogP contribution in [-0.2, 0) is 37.5 Å². The molecule has 3 aromatic rings. The number of nitrogens with zero attached hydrogens (tertiary/aromatic N) is 4. The van der Waals surface area contributed by atoms with Gasteiger partial charge in [0.15, 0.2) is 5.78 Å². The Hall–Kier alpha value is -3.89. The van der Waals surface area contributed by atoms with Crippen molar-refractivity contribution in [3.8, 4) is 5.75 Å². The molecule has 3 heterocycles. The van der Waals surface area contributed by atoms with Crippen LogP contribution in [-0.4, -0.2) is 70.3 Å². The van der Waals surface area contributed by atoms with Crippen molar-refractivity contribution in [1.82, 2.24) is 9.97 Å². The Kier molecular flexibility index (Phi) is 9.70. The summed E-state index contributed by atoms with van der Waals surface area (Å²) in [7, 11) is -1.43. The Morgan fingerprint density at radius 1 is 1.12 bits per heavy atom. The molecule has 10 heteroatoms. The van der Waals surface area contributed by atoms with Crippen molar-refractivity contribution in [3.63, 3.8) is 0 Å². The highest BCUT2D eigenvalue weighted by atomic mass is 32.2. The van der Waals surface area contributed by atoms with Crippen LogP contribution in [0.2, 0.25) is 0 Å². The van der Waals surface area contributed by atoms with Crippen LogP contribution in [0.15, 0.2) is 71.4 Å². The lowest BCUT2D eigenvalue weighted by atomic mass is 9.68. The number of hydrogen-bond acceptors (Lipinski definition) is 8. The number of anilines is 1. The Labute approximate surface area is 289 Å². The number of ketones is 1. The maximum atomic E-state index is 14.3. The van der Waals surface area contributed by atoms with Crippen molar-refractivity contribution >= 4 is 27.1 Å². The number of rotatable bonds is 5. The van der Waals surface area contributed by atoms with E-state index in [-0.39, 0.29) is 35.2 Å². The summed E-state index contributed by atoms with van der Waals surface area (Å²) in [4.78, 5) is 37.7. The first-order valence-electron chi connectivity index (χ1n) is 17.6. The Morgan fingerprint density at radius 3 is 2.78 bits per heavy atom. The largest absolute Gasteiger partial charge is 0.490 e. The predicted octanol–water partition coefficient (Wildman–Crippen LogP) is 6.07. The summed E-state index contributed by atoms with van der Waals surface area (Å²) >= 11 is 0. The number of Topliss-reactive ketones (excluding diaryl/α,β-unsaturated/α-hetero) is 1. The lowest BCUT2D eigenvalue weighted by molar-refractivity contribution is -0.116. The van der Waals surface area contributed by atoms with Gasteiger partial charge in [0.2, 0.25) is 0 Å². The maximum absolute atomic E-state index is 14.3. The van der Waals surface area contributed by atoms with E-state index < -0.39 is 15.6 Å². The molecule has 1 fully saturated rings. The van der Waals surface area contributed by atoms with Crippen LogP contribution in [0, 0.1) is 18.8 Å². The van der Waals surface area contributed by atoms with Crippen molar-refractivity contribution in [1.29, 1.82) is 0 Å². The summed E-state index contributed by atoms with van der Waals surface area (Å²) < 4.78 is 31.3. The van der Waals surface area contributed by atoms with E-state index in [1.807, 2.05) is 12.1 Å². The molecule has 258 valence electrons. The molecule has 1 aromatic heterocycles. The van der Waals surface area contributed by atoms with E-state index in [4.69, 9.17) is 9.47 Å². The Balaban J connectivity index is 1.27. The molecule has 0 N–H and O–H groups in total. The second-order valence-corrected chi connectivity index (χ2v) is 16.7. The van der Waals surface area contributed by atoms with Gasteiger partial charge >= 0.3 is 0 Å². The van der Waals surface area contributed by atoms with E-state index in [0.29, 0.717) is 42.7 Å². The fraction of sp³-hybridized carbons (Fsp3) is 0.487. The van der Waals surface area contributed by atoms with E-state index in [9.17, 15) is 13.8 Å². The smallest absolute Gasteiger partial charge is 0.285 e. The number of benzene rings is 2. The second kappa shape index (κ2) is 14.2. The van der Waals surface area contributed by atoms with E-state index >= 15 is 0 Å². The average molecular weight is 683 g/mol. The molecule has 1 amide bonds. The fourth-order valence-corrected chi connectivity index (χ4v) is 10.2. The van der Waals surface area contributed by atoms with Gasteiger partial charge in [-0.3, -0.25) is 9.59 Å². The number of aromatic nitrogens is 2. The fourth-order valence-electron chi connectivity index (χ4n) is 8.25. The molecule has 2 bridgehead atoms. The molecule has 0 unspecified atom stereocenters. The molecule has 0 radical (unpaired) electrons. The first kappa shape index (κ1) is 33.6. The monoisotopic (exact) mass is 682 g/mol. The number of hydrogen-bond donors (Lipinski definition) is 0. The Morgan fingerprint density at radius 2 is 1.98 bits per heavy atom. The van der Waals surface area contributed by atoms with Gasteiger partial charge in [0, 0.05) is 49.3 Å². The van der Waals surface area contributed by atoms with Gasteiger partial charge < -0.3 is 14.4 Å². The van der Waals surface area contributed by atoms with Crippen LogP contribution in [0.3, 0.4) is 0 Å². The molecule has 7 rings (SSSR count). The summed E-state index contributed by atoms with van der Waals surface area (Å²) in [6.07, 6.45) is 13.9. The topological polar surface area (TPSA) is 111 Å². The van der Waals surface area contributed by atoms with Crippen molar-refractivity contribution in [2.24, 2.45) is 16.2 Å². The van der Waals surface area contributed by atoms with Gasteiger partial charge in [0.05, 0.1) is 40.3 Å². The predicted molar refractivity (Wildman–Crippen MR) is 191 cm³/mol. The summed E-state index contributed by atoms with van der Waals surface area (Å²) in [6, 6.07) is 14.0. The van der Waals surface area contributed by atoms with Crippen LogP contribution in [0.25, 0.3) is 0 Å². The van der Waals surface area contributed by atoms with E-state index in [1.165, 1.54) is 16.7 Å². The zero-order valence-corrected chi connectivity index (χ0v) is 29.3. The normalized spacial score (nSPS) is 29.0. The second-order valence-electron chi connectivity index (χ2n) is 14.3. The highest BCUT2D eigenvalue weighted by Gasteiger charge is 2.44. The molecular weight excluding hydrogens is 637 g/mol. The summed E-state index contributed by atoms with van der Waals surface area (Å²) in [5.74, 6) is 0.835. The third-order valence-corrected chi connectivity index (χ3v) is 13.1. The van der Waals surface area contributed by atoms with Crippen LogP contribution in [0.5, 0.6) is 5.75 Å². The van der Waals surface area contributed by atoms with Crippen LogP contribution < -0.4 is 9.64 Å². The number of amides is 1. The van der Waals surface area contributed by atoms with Gasteiger partial charge in [0.1, 0.15) is 11.6 Å². The highest BCUT2D eigenvalue weighted by Crippen LogP contribution is 2.46. The molecule has 2 aromatic carbocycles. The lowest BCUT2D eigenvalue weighted by Gasteiger charge is -2.46. The molecule has 49 heavy (non-hydrogen) atoms. The summed E-state index contributed by atoms with van der Waals surface area (Å²) in [5, 5.41) is 0. The number of methoxy groups -OCH3 is 1. The lowest BCUT2D eigenvalue weighted by Crippen LogP contribution is -2.49. The van der Waals surface area contributed by atoms with Gasteiger partial charge in [-0.05, 0) is 99.1 Å². The number of carbonyl (C=O) groups is 2. The number of allylic oxidation sites excluding steroid dienone is 1. The van der Waals surface area contributed by atoms with E-state index in [1.54, 1.807) is 31.6 Å². The molecule has 1 saturated carbocycles. The number of aryl methyl sites for hydroxylation is 2. The third-order valence-electron chi connectivity index (χ3n) is 10.9. The molecule has 9 nitrogen and oxygen atoms in total. The van der Waals surface area contributed by atoms with Gasteiger partial charge in [-0.25, -0.2) is 14.2 Å².